The van der Waals surface area contributed by atoms with E-state index in [0.29, 0.717) is 12.1 Å². The first kappa shape index (κ1) is 21.5. The topological polar surface area (TPSA) is 105 Å². The van der Waals surface area contributed by atoms with Gasteiger partial charge >= 0.3 is 5.97 Å². The van der Waals surface area contributed by atoms with E-state index in [1.807, 2.05) is 30.3 Å². The summed E-state index contributed by atoms with van der Waals surface area (Å²) in [4.78, 5) is 30.7. The van der Waals surface area contributed by atoms with Crippen LogP contribution in [-0.4, -0.2) is 50.7 Å². The molecule has 0 aromatic heterocycles. The van der Waals surface area contributed by atoms with Gasteiger partial charge in [-0.25, -0.2) is 8.42 Å². The first-order chi connectivity index (χ1) is 14.3. The molecule has 0 unspecified atom stereocenters. The molecule has 3 rings (SSSR count). The fourth-order valence-corrected chi connectivity index (χ4v) is 4.38. The van der Waals surface area contributed by atoms with Crippen LogP contribution < -0.4 is 4.72 Å². The highest BCUT2D eigenvalue weighted by atomic mass is 32.2. The van der Waals surface area contributed by atoms with E-state index in [1.54, 1.807) is 25.1 Å². The summed E-state index contributed by atoms with van der Waals surface area (Å²) in [7, 11) is -2.39. The zero-order valence-corrected chi connectivity index (χ0v) is 17.6. The van der Waals surface area contributed by atoms with Gasteiger partial charge in [0.2, 0.25) is 5.91 Å². The summed E-state index contributed by atoms with van der Waals surface area (Å²) in [6.07, 6.45) is 0.0494. The molecule has 1 N–H and O–H groups in total. The molecule has 0 aliphatic carbocycles. The molecule has 1 atom stereocenters. The summed E-state index contributed by atoms with van der Waals surface area (Å²) in [6.45, 7) is 2.06. The van der Waals surface area contributed by atoms with Crippen molar-refractivity contribution in [3.05, 3.63) is 65.7 Å². The second-order valence-corrected chi connectivity index (χ2v) is 8.48. The lowest BCUT2D eigenvalue weighted by atomic mass is 10.1. The molecule has 0 saturated heterocycles. The van der Waals surface area contributed by atoms with Gasteiger partial charge in [-0.1, -0.05) is 42.5 Å². The van der Waals surface area contributed by atoms with Gasteiger partial charge in [0.15, 0.2) is 0 Å². The lowest BCUT2D eigenvalue weighted by Crippen LogP contribution is -2.39. The highest BCUT2D eigenvalue weighted by molar-refractivity contribution is 7.90. The Morgan fingerprint density at radius 2 is 1.77 bits per heavy atom. The number of carbonyl (C=O) groups excluding carboxylic acids is 2. The highest BCUT2D eigenvalue weighted by Crippen LogP contribution is 2.23. The van der Waals surface area contributed by atoms with Crippen LogP contribution in [0.25, 0.3) is 0 Å². The van der Waals surface area contributed by atoms with Crippen molar-refractivity contribution < 1.29 is 22.7 Å². The van der Waals surface area contributed by atoms with Gasteiger partial charge in [0.25, 0.3) is 10.0 Å². The van der Waals surface area contributed by atoms with Crippen LogP contribution in [0.5, 0.6) is 0 Å². The van der Waals surface area contributed by atoms with Crippen LogP contribution in [0.15, 0.2) is 64.5 Å². The van der Waals surface area contributed by atoms with Crippen molar-refractivity contribution in [1.29, 1.82) is 0 Å². The Balaban J connectivity index is 1.83. The average Bonchev–Trinajstić information content (AvgIpc) is 3.01. The number of amidine groups is 1. The van der Waals surface area contributed by atoms with Crippen molar-refractivity contribution in [3.63, 3.8) is 0 Å². The second-order valence-electron chi connectivity index (χ2n) is 6.83. The fraction of sp³-hybridized carbons (Fsp3) is 0.286. The molecule has 158 valence electrons. The van der Waals surface area contributed by atoms with Crippen molar-refractivity contribution in [2.24, 2.45) is 4.99 Å². The van der Waals surface area contributed by atoms with E-state index >= 15 is 0 Å². The molecular formula is C21H23N3O5S. The molecule has 1 heterocycles. The monoisotopic (exact) mass is 429 g/mol. The SMILES string of the molecule is COC(=O)CCN(Cc1ccccc1)C(=O)[C@H](C)N=C1NS(=O)(=O)c2ccccc21. The van der Waals surface area contributed by atoms with E-state index in [-0.39, 0.29) is 29.6 Å². The van der Waals surface area contributed by atoms with Crippen LogP contribution >= 0.6 is 0 Å². The number of rotatable bonds is 7. The third-order valence-corrected chi connectivity index (χ3v) is 6.08. The Kier molecular flexibility index (Phi) is 6.51. The minimum Gasteiger partial charge on any atom is -0.469 e. The number of nitrogens with zero attached hydrogens (tertiary/aromatic N) is 2. The third kappa shape index (κ3) is 4.85. The molecule has 2 aromatic rings. The van der Waals surface area contributed by atoms with E-state index in [2.05, 4.69) is 14.5 Å². The van der Waals surface area contributed by atoms with Gasteiger partial charge in [-0.15, -0.1) is 0 Å². The van der Waals surface area contributed by atoms with E-state index < -0.39 is 22.0 Å². The van der Waals surface area contributed by atoms with Gasteiger partial charge in [0, 0.05) is 18.7 Å². The molecule has 9 heteroatoms. The number of ether oxygens (including phenoxy) is 1. The predicted molar refractivity (Wildman–Crippen MR) is 111 cm³/mol. The summed E-state index contributed by atoms with van der Waals surface area (Å²) in [5, 5.41) is 0. The number of hydrogen-bond acceptors (Lipinski definition) is 6. The number of sulfonamides is 1. The number of esters is 1. The minimum atomic E-state index is -3.69. The van der Waals surface area contributed by atoms with E-state index in [0.717, 1.165) is 5.56 Å². The number of nitrogens with one attached hydrogen (secondary N) is 1. The van der Waals surface area contributed by atoms with Crippen molar-refractivity contribution in [1.82, 2.24) is 9.62 Å². The smallest absolute Gasteiger partial charge is 0.307 e. The fourth-order valence-electron chi connectivity index (χ4n) is 3.14. The van der Waals surface area contributed by atoms with E-state index in [1.165, 1.54) is 18.1 Å². The Bertz CT molecular complexity index is 1070. The quantitative estimate of drug-likeness (QED) is 0.675. The average molecular weight is 429 g/mol. The largest absolute Gasteiger partial charge is 0.469 e. The first-order valence-electron chi connectivity index (χ1n) is 9.41. The maximum atomic E-state index is 13.1. The summed E-state index contributed by atoms with van der Waals surface area (Å²) in [6, 6.07) is 15.0. The molecule has 0 radical (unpaired) electrons. The van der Waals surface area contributed by atoms with Gasteiger partial charge in [0.05, 0.1) is 18.4 Å². The number of amides is 1. The number of carbonyl (C=O) groups is 2. The Labute approximate surface area is 175 Å². The summed E-state index contributed by atoms with van der Waals surface area (Å²) in [5.74, 6) is -0.602. The van der Waals surface area contributed by atoms with Crippen LogP contribution in [-0.2, 0) is 30.9 Å². The zero-order chi connectivity index (χ0) is 21.7. The highest BCUT2D eigenvalue weighted by Gasteiger charge is 2.31. The maximum Gasteiger partial charge on any atom is 0.307 e. The number of hydrogen-bond donors (Lipinski definition) is 1. The van der Waals surface area contributed by atoms with Crippen molar-refractivity contribution in [2.45, 2.75) is 30.8 Å². The molecule has 0 spiro atoms. The van der Waals surface area contributed by atoms with E-state index in [9.17, 15) is 18.0 Å². The molecule has 30 heavy (non-hydrogen) atoms. The van der Waals surface area contributed by atoms with Crippen molar-refractivity contribution in [3.8, 4) is 0 Å². The Morgan fingerprint density at radius 1 is 1.10 bits per heavy atom. The van der Waals surface area contributed by atoms with Crippen molar-refractivity contribution >= 4 is 27.7 Å². The zero-order valence-electron chi connectivity index (χ0n) is 16.7. The van der Waals surface area contributed by atoms with Gasteiger partial charge in [-0.2, -0.15) is 0 Å². The van der Waals surface area contributed by atoms with Crippen LogP contribution in [0, 0.1) is 0 Å². The number of fused-ring (bicyclic) bond motifs is 1. The molecule has 1 amide bonds. The number of aliphatic imine (C=N–C) groups is 1. The maximum absolute atomic E-state index is 13.1. The summed E-state index contributed by atoms with van der Waals surface area (Å²) >= 11 is 0. The standard InChI is InChI=1S/C21H23N3O5S/c1-15(22-20-17-10-6-7-11-18(17)30(27,28)23-20)21(26)24(13-12-19(25)29-2)14-16-8-4-3-5-9-16/h3-11,15H,12-14H2,1-2H3,(H,22,23)/t15-/m0/s1. The van der Waals surface area contributed by atoms with E-state index in [4.69, 9.17) is 0 Å². The van der Waals surface area contributed by atoms with Crippen LogP contribution in [0.1, 0.15) is 24.5 Å². The lowest BCUT2D eigenvalue weighted by molar-refractivity contribution is -0.142. The number of benzene rings is 2. The predicted octanol–water partition coefficient (Wildman–Crippen LogP) is 1.71. The molecule has 8 nitrogen and oxygen atoms in total. The lowest BCUT2D eigenvalue weighted by Gasteiger charge is -2.24. The minimum absolute atomic E-state index is 0.0494. The Hall–Kier alpha value is -3.20. The van der Waals surface area contributed by atoms with Crippen LogP contribution in [0.4, 0.5) is 0 Å². The van der Waals surface area contributed by atoms with Gasteiger partial charge in [-0.05, 0) is 24.6 Å². The van der Waals surface area contributed by atoms with Gasteiger partial charge in [0.1, 0.15) is 11.9 Å². The third-order valence-electron chi connectivity index (χ3n) is 4.68. The molecule has 1 aliphatic rings. The molecule has 2 aromatic carbocycles. The summed E-state index contributed by atoms with van der Waals surface area (Å²) < 4.78 is 31.6. The van der Waals surface area contributed by atoms with Gasteiger partial charge < -0.3 is 9.64 Å². The molecular weight excluding hydrogens is 406 g/mol. The van der Waals surface area contributed by atoms with Crippen molar-refractivity contribution in [2.75, 3.05) is 13.7 Å². The van der Waals surface area contributed by atoms with Crippen LogP contribution in [0.3, 0.4) is 0 Å². The molecule has 1 aliphatic heterocycles. The van der Waals surface area contributed by atoms with Gasteiger partial charge in [-0.3, -0.25) is 19.3 Å². The molecule has 0 fully saturated rings. The second kappa shape index (κ2) is 9.08. The number of methoxy groups -OCH3 is 1. The normalized spacial score (nSPS) is 16.4. The molecule has 0 saturated carbocycles. The Morgan fingerprint density at radius 3 is 2.47 bits per heavy atom. The summed E-state index contributed by atoms with van der Waals surface area (Å²) in [5.41, 5.74) is 1.34. The first-order valence-corrected chi connectivity index (χ1v) is 10.9. The molecule has 0 bridgehead atoms. The van der Waals surface area contributed by atoms with Crippen LogP contribution in [0.2, 0.25) is 0 Å².